The van der Waals surface area contributed by atoms with Gasteiger partial charge in [0.15, 0.2) is 5.69 Å². The number of nitro groups is 1. The average Bonchev–Trinajstić information content (AvgIpc) is 2.48. The molecular formula is C12H17N5O4. The van der Waals surface area contributed by atoms with Gasteiger partial charge in [-0.2, -0.15) is 0 Å². The maximum Gasteiger partial charge on any atom is 0.356 e. The molecule has 1 aliphatic rings. The van der Waals surface area contributed by atoms with Gasteiger partial charge in [0.2, 0.25) is 5.82 Å². The predicted octanol–water partition coefficient (Wildman–Crippen LogP) is 0.351. The van der Waals surface area contributed by atoms with Crippen LogP contribution < -0.4 is 5.43 Å². The maximum atomic E-state index is 11.5. The minimum absolute atomic E-state index is 0.0275. The van der Waals surface area contributed by atoms with E-state index in [2.05, 4.69) is 20.0 Å². The molecule has 0 aliphatic carbocycles. The first-order chi connectivity index (χ1) is 10.0. The largest absolute Gasteiger partial charge is 0.464 e. The molecule has 114 valence electrons. The number of carbonyl (C=O) groups excluding carboxylic acids is 1. The SMILES string of the molecule is COC(=O)c1ccc([N+](=O)[O-])c(NN2CCN(C)CC2)n1. The molecule has 0 unspecified atom stereocenters. The van der Waals surface area contributed by atoms with Gasteiger partial charge in [0.1, 0.15) is 0 Å². The zero-order valence-electron chi connectivity index (χ0n) is 11.9. The molecule has 1 N–H and O–H groups in total. The first kappa shape index (κ1) is 15.1. The predicted molar refractivity (Wildman–Crippen MR) is 74.9 cm³/mol. The van der Waals surface area contributed by atoms with Crippen LogP contribution in [0.15, 0.2) is 12.1 Å². The molecule has 1 fully saturated rings. The lowest BCUT2D eigenvalue weighted by Crippen LogP contribution is -2.47. The van der Waals surface area contributed by atoms with Gasteiger partial charge < -0.3 is 9.64 Å². The van der Waals surface area contributed by atoms with Gasteiger partial charge in [0.05, 0.1) is 12.0 Å². The molecule has 0 saturated carbocycles. The van der Waals surface area contributed by atoms with Crippen molar-refractivity contribution in [3.8, 4) is 0 Å². The average molecular weight is 295 g/mol. The Hall–Kier alpha value is -2.26. The van der Waals surface area contributed by atoms with Crippen molar-refractivity contribution < 1.29 is 14.5 Å². The molecule has 9 heteroatoms. The monoisotopic (exact) mass is 295 g/mol. The molecule has 9 nitrogen and oxygen atoms in total. The van der Waals surface area contributed by atoms with Crippen LogP contribution in [0.25, 0.3) is 0 Å². The Labute approximate surface area is 121 Å². The molecule has 0 atom stereocenters. The van der Waals surface area contributed by atoms with E-state index in [-0.39, 0.29) is 17.2 Å². The van der Waals surface area contributed by atoms with E-state index in [4.69, 9.17) is 0 Å². The molecule has 1 saturated heterocycles. The second-order valence-electron chi connectivity index (χ2n) is 4.72. The van der Waals surface area contributed by atoms with Crippen LogP contribution in [0.2, 0.25) is 0 Å². The van der Waals surface area contributed by atoms with Crippen molar-refractivity contribution in [2.45, 2.75) is 0 Å². The zero-order valence-corrected chi connectivity index (χ0v) is 11.9. The van der Waals surface area contributed by atoms with Gasteiger partial charge in [0.25, 0.3) is 0 Å². The first-order valence-corrected chi connectivity index (χ1v) is 6.45. The van der Waals surface area contributed by atoms with Gasteiger partial charge in [0, 0.05) is 32.2 Å². The highest BCUT2D eigenvalue weighted by atomic mass is 16.6. The van der Waals surface area contributed by atoms with Gasteiger partial charge in [-0.25, -0.2) is 14.8 Å². The Kier molecular flexibility index (Phi) is 4.66. The number of aromatic nitrogens is 1. The summed E-state index contributed by atoms with van der Waals surface area (Å²) in [4.78, 5) is 28.1. The Morgan fingerprint density at radius 1 is 1.38 bits per heavy atom. The smallest absolute Gasteiger partial charge is 0.356 e. The zero-order chi connectivity index (χ0) is 15.4. The molecule has 21 heavy (non-hydrogen) atoms. The van der Waals surface area contributed by atoms with Crippen molar-refractivity contribution in [2.24, 2.45) is 0 Å². The molecule has 1 aliphatic heterocycles. The standard InChI is InChI=1S/C12H17N5O4/c1-15-5-7-16(8-6-15)14-11-10(17(19)20)4-3-9(13-11)12(18)21-2/h3-4H,5-8H2,1-2H3,(H,13,14). The summed E-state index contributed by atoms with van der Waals surface area (Å²) in [6, 6.07) is 2.52. The third-order valence-corrected chi connectivity index (χ3v) is 3.23. The second kappa shape index (κ2) is 6.46. The van der Waals surface area contributed by atoms with Crippen LogP contribution in [-0.2, 0) is 4.74 Å². The van der Waals surface area contributed by atoms with E-state index < -0.39 is 10.9 Å². The highest BCUT2D eigenvalue weighted by molar-refractivity contribution is 5.88. The van der Waals surface area contributed by atoms with Crippen LogP contribution in [0.5, 0.6) is 0 Å². The fraction of sp³-hybridized carbons (Fsp3) is 0.500. The Morgan fingerprint density at radius 2 is 2.05 bits per heavy atom. The van der Waals surface area contributed by atoms with E-state index in [0.29, 0.717) is 13.1 Å². The summed E-state index contributed by atoms with van der Waals surface area (Å²) in [5, 5.41) is 12.9. The molecule has 1 aromatic heterocycles. The quantitative estimate of drug-likeness (QED) is 0.482. The summed E-state index contributed by atoms with van der Waals surface area (Å²) in [5.74, 6) is -0.584. The van der Waals surface area contributed by atoms with Gasteiger partial charge in [-0.1, -0.05) is 0 Å². The normalized spacial score (nSPS) is 16.5. The minimum atomic E-state index is -0.633. The lowest BCUT2D eigenvalue weighted by Gasteiger charge is -2.32. The van der Waals surface area contributed by atoms with Gasteiger partial charge >= 0.3 is 11.7 Å². The molecule has 0 aromatic carbocycles. The highest BCUT2D eigenvalue weighted by Gasteiger charge is 2.22. The van der Waals surface area contributed by atoms with E-state index in [1.165, 1.54) is 19.2 Å². The summed E-state index contributed by atoms with van der Waals surface area (Å²) in [6.45, 7) is 3.10. The number of likely N-dealkylation sites (N-methyl/N-ethyl adjacent to an activating group) is 1. The lowest BCUT2D eigenvalue weighted by molar-refractivity contribution is -0.384. The van der Waals surface area contributed by atoms with Gasteiger partial charge in [-0.05, 0) is 13.1 Å². The van der Waals surface area contributed by atoms with Crippen LogP contribution in [0.3, 0.4) is 0 Å². The fourth-order valence-corrected chi connectivity index (χ4v) is 1.97. The second-order valence-corrected chi connectivity index (χ2v) is 4.72. The number of hydrazine groups is 1. The molecular weight excluding hydrogens is 278 g/mol. The number of anilines is 1. The molecule has 0 bridgehead atoms. The number of pyridine rings is 1. The van der Waals surface area contributed by atoms with Crippen molar-refractivity contribution in [3.63, 3.8) is 0 Å². The van der Waals surface area contributed by atoms with Crippen molar-refractivity contribution in [1.82, 2.24) is 14.9 Å². The van der Waals surface area contributed by atoms with Crippen LogP contribution in [-0.4, -0.2) is 66.1 Å². The Balaban J connectivity index is 2.22. The third kappa shape index (κ3) is 3.64. The number of piperazine rings is 1. The first-order valence-electron chi connectivity index (χ1n) is 6.45. The fourth-order valence-electron chi connectivity index (χ4n) is 1.97. The summed E-state index contributed by atoms with van der Waals surface area (Å²) >= 11 is 0. The number of hydrogen-bond donors (Lipinski definition) is 1. The molecule has 2 rings (SSSR count). The summed E-state index contributed by atoms with van der Waals surface area (Å²) in [6.07, 6.45) is 0. The number of nitrogens with zero attached hydrogens (tertiary/aromatic N) is 4. The lowest BCUT2D eigenvalue weighted by atomic mass is 10.3. The van der Waals surface area contributed by atoms with Crippen molar-refractivity contribution in [3.05, 3.63) is 27.9 Å². The number of nitrogens with one attached hydrogen (secondary N) is 1. The third-order valence-electron chi connectivity index (χ3n) is 3.23. The van der Waals surface area contributed by atoms with E-state index >= 15 is 0 Å². The van der Waals surface area contributed by atoms with E-state index in [1.807, 2.05) is 12.1 Å². The van der Waals surface area contributed by atoms with E-state index in [0.717, 1.165) is 13.1 Å². The van der Waals surface area contributed by atoms with Crippen molar-refractivity contribution >= 4 is 17.5 Å². The van der Waals surface area contributed by atoms with Crippen LogP contribution >= 0.6 is 0 Å². The van der Waals surface area contributed by atoms with E-state index in [9.17, 15) is 14.9 Å². The number of esters is 1. The van der Waals surface area contributed by atoms with Crippen LogP contribution in [0, 0.1) is 10.1 Å². The number of hydrogen-bond acceptors (Lipinski definition) is 8. The van der Waals surface area contributed by atoms with E-state index in [1.54, 1.807) is 0 Å². The number of rotatable bonds is 4. The van der Waals surface area contributed by atoms with Crippen molar-refractivity contribution in [2.75, 3.05) is 45.8 Å². The van der Waals surface area contributed by atoms with Gasteiger partial charge in [-0.15, -0.1) is 0 Å². The summed E-state index contributed by atoms with van der Waals surface area (Å²) in [7, 11) is 3.24. The van der Waals surface area contributed by atoms with Crippen LogP contribution in [0.1, 0.15) is 10.5 Å². The molecule has 0 spiro atoms. The Bertz CT molecular complexity index is 542. The number of ether oxygens (including phenoxy) is 1. The topological polar surface area (TPSA) is 101 Å². The molecule has 0 amide bonds. The summed E-state index contributed by atoms with van der Waals surface area (Å²) < 4.78 is 4.58. The Morgan fingerprint density at radius 3 is 2.62 bits per heavy atom. The highest BCUT2D eigenvalue weighted by Crippen LogP contribution is 2.23. The molecule has 0 radical (unpaired) electrons. The summed E-state index contributed by atoms with van der Waals surface area (Å²) in [5.41, 5.74) is 2.77. The molecule has 1 aromatic rings. The van der Waals surface area contributed by atoms with Crippen molar-refractivity contribution in [1.29, 1.82) is 0 Å². The van der Waals surface area contributed by atoms with Crippen LogP contribution in [0.4, 0.5) is 11.5 Å². The number of carbonyl (C=O) groups is 1. The number of methoxy groups -OCH3 is 1. The minimum Gasteiger partial charge on any atom is -0.464 e. The van der Waals surface area contributed by atoms with Gasteiger partial charge in [-0.3, -0.25) is 15.5 Å². The molecule has 2 heterocycles. The maximum absolute atomic E-state index is 11.5.